The summed E-state index contributed by atoms with van der Waals surface area (Å²) in [5.74, 6) is 0. The molecule has 0 fully saturated rings. The van der Waals surface area contributed by atoms with Crippen LogP contribution in [-0.2, 0) is 0 Å². The molecule has 0 aromatic carbocycles. The lowest BCUT2D eigenvalue weighted by Crippen LogP contribution is -2.43. The summed E-state index contributed by atoms with van der Waals surface area (Å²) in [4.78, 5) is 2.30. The van der Waals surface area contributed by atoms with Crippen LogP contribution in [0.15, 0.2) is 0 Å². The van der Waals surface area contributed by atoms with Crippen molar-refractivity contribution in [3.8, 4) is 6.07 Å². The predicted octanol–water partition coefficient (Wildman–Crippen LogP) is 1.61. The molecule has 1 N–H and O–H groups in total. The van der Waals surface area contributed by atoms with Crippen molar-refractivity contribution in [2.24, 2.45) is 0 Å². The van der Waals surface area contributed by atoms with Crippen molar-refractivity contribution >= 4 is 0 Å². The summed E-state index contributed by atoms with van der Waals surface area (Å²) < 4.78 is 0. The Morgan fingerprint density at radius 1 is 1.36 bits per heavy atom. The van der Waals surface area contributed by atoms with Gasteiger partial charge in [0.15, 0.2) is 0 Å². The molecule has 0 aliphatic heterocycles. The lowest BCUT2D eigenvalue weighted by Gasteiger charge is -2.27. The fourth-order valence-corrected chi connectivity index (χ4v) is 1.41. The SMILES string of the molecule is CCCNC(C#N)CN(CC)C(C)C. The van der Waals surface area contributed by atoms with E-state index >= 15 is 0 Å². The Kier molecular flexibility index (Phi) is 7.45. The molecule has 82 valence electrons. The zero-order valence-corrected chi connectivity index (χ0v) is 9.88. The summed E-state index contributed by atoms with van der Waals surface area (Å²) >= 11 is 0. The third-order valence-electron chi connectivity index (χ3n) is 2.35. The molecule has 0 rings (SSSR count). The standard InChI is InChI=1S/C11H23N3/c1-5-7-13-11(8-12)9-14(6-2)10(3)4/h10-11,13H,5-7,9H2,1-4H3. The predicted molar refractivity (Wildman–Crippen MR) is 60.1 cm³/mol. The van der Waals surface area contributed by atoms with Gasteiger partial charge in [0.1, 0.15) is 6.04 Å². The van der Waals surface area contributed by atoms with Gasteiger partial charge in [-0.05, 0) is 33.4 Å². The Bertz CT molecular complexity index is 172. The maximum Gasteiger partial charge on any atom is 0.108 e. The third kappa shape index (κ3) is 5.21. The number of hydrogen-bond acceptors (Lipinski definition) is 3. The summed E-state index contributed by atoms with van der Waals surface area (Å²) in [5, 5.41) is 12.2. The van der Waals surface area contributed by atoms with E-state index in [0.717, 1.165) is 26.1 Å². The van der Waals surface area contributed by atoms with Gasteiger partial charge in [-0.15, -0.1) is 0 Å². The first-order valence-corrected chi connectivity index (χ1v) is 5.52. The number of rotatable bonds is 7. The molecule has 0 aromatic rings. The van der Waals surface area contributed by atoms with E-state index in [2.05, 4.69) is 44.0 Å². The van der Waals surface area contributed by atoms with Crippen molar-refractivity contribution in [1.29, 1.82) is 5.26 Å². The topological polar surface area (TPSA) is 39.1 Å². The van der Waals surface area contributed by atoms with Gasteiger partial charge in [-0.3, -0.25) is 4.90 Å². The zero-order valence-electron chi connectivity index (χ0n) is 9.88. The molecule has 0 heterocycles. The van der Waals surface area contributed by atoms with Gasteiger partial charge in [-0.1, -0.05) is 13.8 Å². The van der Waals surface area contributed by atoms with Crippen LogP contribution >= 0.6 is 0 Å². The molecule has 1 atom stereocenters. The summed E-state index contributed by atoms with van der Waals surface area (Å²) in [5.41, 5.74) is 0. The second kappa shape index (κ2) is 7.78. The molecule has 0 saturated carbocycles. The first-order valence-electron chi connectivity index (χ1n) is 5.52. The van der Waals surface area contributed by atoms with Crippen LogP contribution in [0.1, 0.15) is 34.1 Å². The smallest absolute Gasteiger partial charge is 0.108 e. The van der Waals surface area contributed by atoms with E-state index in [0.29, 0.717) is 6.04 Å². The van der Waals surface area contributed by atoms with Gasteiger partial charge in [0.25, 0.3) is 0 Å². The Morgan fingerprint density at radius 2 is 2.00 bits per heavy atom. The summed E-state index contributed by atoms with van der Waals surface area (Å²) in [6.07, 6.45) is 1.08. The number of nitrogens with one attached hydrogen (secondary N) is 1. The number of hydrogen-bond donors (Lipinski definition) is 1. The third-order valence-corrected chi connectivity index (χ3v) is 2.35. The van der Waals surface area contributed by atoms with Crippen molar-refractivity contribution < 1.29 is 0 Å². The average Bonchev–Trinajstić information content (AvgIpc) is 2.18. The Labute approximate surface area is 88.1 Å². The Hall–Kier alpha value is -0.590. The molecule has 0 bridgehead atoms. The first-order chi connectivity index (χ1) is 6.65. The molecule has 0 amide bonds. The lowest BCUT2D eigenvalue weighted by molar-refractivity contribution is 0.220. The van der Waals surface area contributed by atoms with Crippen LogP contribution in [-0.4, -0.2) is 36.6 Å². The van der Waals surface area contributed by atoms with Gasteiger partial charge in [0.2, 0.25) is 0 Å². The fraction of sp³-hybridized carbons (Fsp3) is 0.909. The summed E-state index contributed by atoms with van der Waals surface area (Å²) in [7, 11) is 0. The van der Waals surface area contributed by atoms with Gasteiger partial charge >= 0.3 is 0 Å². The van der Waals surface area contributed by atoms with Gasteiger partial charge < -0.3 is 5.32 Å². The maximum absolute atomic E-state index is 8.94. The van der Waals surface area contributed by atoms with Crippen molar-refractivity contribution in [1.82, 2.24) is 10.2 Å². The van der Waals surface area contributed by atoms with Gasteiger partial charge in [-0.25, -0.2) is 0 Å². The van der Waals surface area contributed by atoms with E-state index in [1.54, 1.807) is 0 Å². The molecule has 0 aliphatic rings. The minimum Gasteiger partial charge on any atom is -0.301 e. The molecular formula is C11H23N3. The van der Waals surface area contributed by atoms with E-state index in [-0.39, 0.29) is 6.04 Å². The average molecular weight is 197 g/mol. The first kappa shape index (κ1) is 13.4. The Balaban J connectivity index is 3.96. The molecule has 0 aromatic heterocycles. The second-order valence-corrected chi connectivity index (χ2v) is 3.82. The van der Waals surface area contributed by atoms with Crippen LogP contribution in [0.2, 0.25) is 0 Å². The van der Waals surface area contributed by atoms with Crippen molar-refractivity contribution in [3.05, 3.63) is 0 Å². The van der Waals surface area contributed by atoms with Crippen LogP contribution in [0.4, 0.5) is 0 Å². The monoisotopic (exact) mass is 197 g/mol. The fourth-order valence-electron chi connectivity index (χ4n) is 1.41. The molecule has 3 nitrogen and oxygen atoms in total. The van der Waals surface area contributed by atoms with Crippen molar-refractivity contribution in [2.45, 2.75) is 46.2 Å². The highest BCUT2D eigenvalue weighted by Crippen LogP contribution is 1.99. The van der Waals surface area contributed by atoms with Gasteiger partial charge in [-0.2, -0.15) is 5.26 Å². The number of nitriles is 1. The van der Waals surface area contributed by atoms with Crippen molar-refractivity contribution in [3.63, 3.8) is 0 Å². The van der Waals surface area contributed by atoms with Crippen LogP contribution in [0, 0.1) is 11.3 Å². The van der Waals surface area contributed by atoms with Gasteiger partial charge in [0.05, 0.1) is 6.07 Å². The van der Waals surface area contributed by atoms with Crippen LogP contribution < -0.4 is 5.32 Å². The second-order valence-electron chi connectivity index (χ2n) is 3.82. The molecule has 0 spiro atoms. The van der Waals surface area contributed by atoms with E-state index in [4.69, 9.17) is 5.26 Å². The zero-order chi connectivity index (χ0) is 11.0. The normalized spacial score (nSPS) is 13.2. The van der Waals surface area contributed by atoms with Crippen LogP contribution in [0.5, 0.6) is 0 Å². The molecular weight excluding hydrogens is 174 g/mol. The van der Waals surface area contributed by atoms with Crippen LogP contribution in [0.3, 0.4) is 0 Å². The quantitative estimate of drug-likeness (QED) is 0.674. The van der Waals surface area contributed by atoms with Gasteiger partial charge in [0, 0.05) is 12.6 Å². The lowest BCUT2D eigenvalue weighted by atomic mass is 10.2. The highest BCUT2D eigenvalue weighted by Gasteiger charge is 2.13. The molecule has 3 heteroatoms. The molecule has 14 heavy (non-hydrogen) atoms. The largest absolute Gasteiger partial charge is 0.301 e. The van der Waals surface area contributed by atoms with Crippen molar-refractivity contribution in [2.75, 3.05) is 19.6 Å². The number of nitrogens with zero attached hydrogens (tertiary/aromatic N) is 2. The molecule has 0 saturated heterocycles. The van der Waals surface area contributed by atoms with E-state index in [1.807, 2.05) is 0 Å². The Morgan fingerprint density at radius 3 is 2.36 bits per heavy atom. The van der Waals surface area contributed by atoms with Crippen LogP contribution in [0.25, 0.3) is 0 Å². The number of likely N-dealkylation sites (N-methyl/N-ethyl adjacent to an activating group) is 1. The minimum absolute atomic E-state index is 0.0303. The van der Waals surface area contributed by atoms with E-state index in [9.17, 15) is 0 Å². The van der Waals surface area contributed by atoms with E-state index in [1.165, 1.54) is 0 Å². The maximum atomic E-state index is 8.94. The van der Waals surface area contributed by atoms with E-state index < -0.39 is 0 Å². The molecule has 0 radical (unpaired) electrons. The molecule has 1 unspecified atom stereocenters. The highest BCUT2D eigenvalue weighted by atomic mass is 15.2. The minimum atomic E-state index is -0.0303. The summed E-state index contributed by atoms with van der Waals surface area (Å²) in [6.45, 7) is 11.3. The highest BCUT2D eigenvalue weighted by molar-refractivity contribution is 4.92. The molecule has 0 aliphatic carbocycles. The summed E-state index contributed by atoms with van der Waals surface area (Å²) in [6, 6.07) is 2.79.